The van der Waals surface area contributed by atoms with Crippen LogP contribution in [-0.4, -0.2) is 28.8 Å². The minimum Gasteiger partial charge on any atom is -0.640 e. The van der Waals surface area contributed by atoms with Crippen molar-refractivity contribution >= 4 is 19.9 Å². The average molecular weight is 444 g/mol. The maximum absolute atomic E-state index is 12.4. The van der Waals surface area contributed by atoms with Crippen LogP contribution in [0.15, 0.2) is 35.3 Å². The van der Waals surface area contributed by atoms with Crippen LogP contribution in [0.5, 0.6) is 0 Å². The Labute approximate surface area is 217 Å². The number of nitrogens with zero attached hydrogens (tertiary/aromatic N) is 1. The van der Waals surface area contributed by atoms with Crippen LogP contribution >= 0.6 is 7.87 Å². The molecule has 0 radical (unpaired) electrons. The van der Waals surface area contributed by atoms with E-state index in [0.717, 1.165) is 24.8 Å². The number of hydrogen-bond acceptors (Lipinski definition) is 8. The first-order valence-electron chi connectivity index (χ1n) is 8.99. The van der Waals surface area contributed by atoms with E-state index in [1.807, 2.05) is 13.0 Å². The van der Waals surface area contributed by atoms with Gasteiger partial charge in [-0.15, -0.1) is 0 Å². The molecule has 3 atom stereocenters. The number of nitrogens with one attached hydrogen (secondary N) is 1. The van der Waals surface area contributed by atoms with E-state index in [1.165, 1.54) is 6.92 Å². The largest absolute Gasteiger partial charge is 1.00 e. The number of aliphatic carboxylic acids is 1. The number of aliphatic imine (C=N–C) groups is 1. The summed E-state index contributed by atoms with van der Waals surface area (Å²) in [6.07, 6.45) is 2.53. The van der Waals surface area contributed by atoms with Crippen molar-refractivity contribution < 1.29 is 88.6 Å². The molecule has 1 rings (SSSR count). The second-order valence-corrected chi connectivity index (χ2v) is 8.53. The minimum atomic E-state index is -4.24. The van der Waals surface area contributed by atoms with Gasteiger partial charge in [0.05, 0.1) is 12.0 Å². The summed E-state index contributed by atoms with van der Waals surface area (Å²) in [5.41, 5.74) is 0.753. The monoisotopic (exact) mass is 444 g/mol. The summed E-state index contributed by atoms with van der Waals surface area (Å²) in [6.45, 7) is 3.26. The smallest absolute Gasteiger partial charge is 0.640 e. The SMILES string of the molecule is CCCCCCC(N[P+]([O-])(O)C(C)N=C([O-])OCc1ccccc1)C(=O)[O-].[Na+].[Na+]. The summed E-state index contributed by atoms with van der Waals surface area (Å²) in [5, 5.41) is 25.2. The van der Waals surface area contributed by atoms with Crippen LogP contribution < -0.4 is 79.3 Å². The van der Waals surface area contributed by atoms with E-state index in [2.05, 4.69) is 10.1 Å². The maximum Gasteiger partial charge on any atom is 1.00 e. The number of carboxylic acids is 1. The molecule has 0 aliphatic rings. The van der Waals surface area contributed by atoms with Crippen molar-refractivity contribution in [2.24, 2.45) is 4.99 Å². The zero-order valence-corrected chi connectivity index (χ0v) is 22.6. The van der Waals surface area contributed by atoms with Gasteiger partial charge in [0, 0.05) is 6.61 Å². The summed E-state index contributed by atoms with van der Waals surface area (Å²) in [5.74, 6) is -2.81. The summed E-state index contributed by atoms with van der Waals surface area (Å²) < 4.78 is 4.94. The fraction of sp³-hybridized carbons (Fsp3) is 0.556. The Balaban J connectivity index is 0. The number of unbranched alkanes of at least 4 members (excludes halogenated alkanes) is 3. The van der Waals surface area contributed by atoms with Gasteiger partial charge in [-0.2, -0.15) is 5.09 Å². The Morgan fingerprint density at radius 3 is 2.38 bits per heavy atom. The molecule has 0 aromatic heterocycles. The zero-order valence-electron chi connectivity index (χ0n) is 17.7. The molecule has 3 unspecified atom stereocenters. The van der Waals surface area contributed by atoms with E-state index < -0.39 is 31.7 Å². The third kappa shape index (κ3) is 13.3. The van der Waals surface area contributed by atoms with Crippen LogP contribution in [0, 0.1) is 0 Å². The zero-order chi connectivity index (χ0) is 20.3. The molecule has 0 saturated carbocycles. The van der Waals surface area contributed by atoms with Crippen molar-refractivity contribution in [3.63, 3.8) is 0 Å². The number of ether oxygens (including phenoxy) is 1. The molecule has 11 heteroatoms. The Morgan fingerprint density at radius 1 is 1.21 bits per heavy atom. The van der Waals surface area contributed by atoms with Gasteiger partial charge in [0.2, 0.25) is 0 Å². The van der Waals surface area contributed by atoms with Crippen molar-refractivity contribution in [1.82, 2.24) is 5.09 Å². The van der Waals surface area contributed by atoms with Crippen LogP contribution in [-0.2, 0) is 16.1 Å². The van der Waals surface area contributed by atoms with Gasteiger partial charge in [-0.25, -0.2) is 9.89 Å². The van der Waals surface area contributed by atoms with E-state index in [0.29, 0.717) is 6.42 Å². The van der Waals surface area contributed by atoms with Gasteiger partial charge in [-0.05, 0) is 18.9 Å². The summed E-state index contributed by atoms with van der Waals surface area (Å²) >= 11 is 0. The Hall–Kier alpha value is 0.270. The molecule has 0 heterocycles. The topological polar surface area (TPSA) is 140 Å². The van der Waals surface area contributed by atoms with Gasteiger partial charge in [0.25, 0.3) is 0 Å². The van der Waals surface area contributed by atoms with E-state index in [-0.39, 0.29) is 72.1 Å². The van der Waals surface area contributed by atoms with Gasteiger partial charge in [-0.3, -0.25) is 0 Å². The van der Waals surface area contributed by atoms with Crippen molar-refractivity contribution in [1.29, 1.82) is 0 Å². The molecule has 2 N–H and O–H groups in total. The van der Waals surface area contributed by atoms with Crippen LogP contribution in [0.4, 0.5) is 0 Å². The Kier molecular flexibility index (Phi) is 18.3. The molecule has 152 valence electrons. The normalized spacial score (nSPS) is 15.2. The van der Waals surface area contributed by atoms with Crippen LogP contribution in [0.2, 0.25) is 0 Å². The first kappa shape index (κ1) is 31.5. The molecule has 0 bridgehead atoms. The van der Waals surface area contributed by atoms with Crippen LogP contribution in [0.1, 0.15) is 51.5 Å². The molecule has 0 fully saturated rings. The number of carboxylic acid groups (broad SMARTS) is 1. The molecule has 0 spiro atoms. The summed E-state index contributed by atoms with van der Waals surface area (Å²) in [6, 6.07) is 7.64. The van der Waals surface area contributed by atoms with Crippen LogP contribution in [0.3, 0.4) is 0 Å². The Bertz CT molecular complexity index is 607. The molecule has 0 amide bonds. The first-order chi connectivity index (χ1) is 12.8. The number of carbonyl (C=O) groups excluding carboxylic acids is 1. The molecule has 29 heavy (non-hydrogen) atoms. The van der Waals surface area contributed by atoms with Gasteiger partial charge >= 0.3 is 59.1 Å². The third-order valence-electron chi connectivity index (χ3n) is 3.98. The van der Waals surface area contributed by atoms with Gasteiger partial charge in [0.1, 0.15) is 6.08 Å². The first-order valence-corrected chi connectivity index (χ1v) is 10.7. The van der Waals surface area contributed by atoms with Crippen molar-refractivity contribution in [3.05, 3.63) is 35.9 Å². The summed E-state index contributed by atoms with van der Waals surface area (Å²) in [4.78, 5) is 37.2. The molecule has 0 aliphatic carbocycles. The second-order valence-electron chi connectivity index (χ2n) is 6.27. The fourth-order valence-corrected chi connectivity index (χ4v) is 3.48. The molecule has 1 aromatic carbocycles. The maximum atomic E-state index is 12.4. The molecular formula is C18H27N2Na2O6P. The van der Waals surface area contributed by atoms with Crippen LogP contribution in [0.25, 0.3) is 0 Å². The van der Waals surface area contributed by atoms with Crippen molar-refractivity contribution in [2.75, 3.05) is 0 Å². The van der Waals surface area contributed by atoms with Gasteiger partial charge in [-0.1, -0.05) is 62.9 Å². The number of benzene rings is 1. The fourth-order valence-electron chi connectivity index (χ4n) is 2.33. The quantitative estimate of drug-likeness (QED) is 0.108. The summed E-state index contributed by atoms with van der Waals surface area (Å²) in [7, 11) is -4.24. The molecule has 1 aromatic rings. The standard InChI is InChI=1S/C18H29N2O6P.2Na/c1-3-4-5-9-12-16(17(21)22)20-27(24,25)14(2)19-18(23)26-13-15-10-7-6-8-11-15;;/h6-8,10-11,14,16H,3-5,9,12-13H2,1-2H3,(H,19,23)(H,21,22)(H2,20,24,25);;/q;2*+1/p-2. The van der Waals surface area contributed by atoms with Crippen molar-refractivity contribution in [2.45, 2.75) is 64.4 Å². The van der Waals surface area contributed by atoms with Gasteiger partial charge < -0.3 is 24.6 Å². The minimum absolute atomic E-state index is 0. The number of carbonyl (C=O) groups is 1. The predicted octanol–water partition coefficient (Wildman–Crippen LogP) is -5.93. The van der Waals surface area contributed by atoms with Crippen molar-refractivity contribution in [3.8, 4) is 0 Å². The number of rotatable bonds is 12. The van der Waals surface area contributed by atoms with E-state index in [1.54, 1.807) is 24.3 Å². The average Bonchev–Trinajstić information content (AvgIpc) is 2.63. The van der Waals surface area contributed by atoms with E-state index in [4.69, 9.17) is 4.74 Å². The Morgan fingerprint density at radius 2 is 1.83 bits per heavy atom. The number of hydrogen-bond donors (Lipinski definition) is 2. The van der Waals surface area contributed by atoms with E-state index in [9.17, 15) is 24.8 Å². The molecular weight excluding hydrogens is 417 g/mol. The third-order valence-corrected chi connectivity index (χ3v) is 5.79. The van der Waals surface area contributed by atoms with Gasteiger partial charge in [0.15, 0.2) is 13.7 Å². The van der Waals surface area contributed by atoms with E-state index >= 15 is 0 Å². The molecule has 0 aliphatic heterocycles. The predicted molar refractivity (Wildman–Crippen MR) is 98.0 cm³/mol. The second kappa shape index (κ2) is 16.9. The molecule has 8 nitrogen and oxygen atoms in total. The molecule has 0 saturated heterocycles.